The Morgan fingerprint density at radius 2 is 1.94 bits per heavy atom. The molecular weight excluding hydrogens is 458 g/mol. The number of hydrogen-bond donors (Lipinski definition) is 6. The van der Waals surface area contributed by atoms with Crippen LogP contribution >= 0.6 is 0 Å². The molecule has 0 unspecified atom stereocenters. The zero-order valence-corrected chi connectivity index (χ0v) is 19.0. The van der Waals surface area contributed by atoms with Gasteiger partial charge in [0.2, 0.25) is 16.0 Å². The molecule has 0 bridgehead atoms. The fourth-order valence-corrected chi connectivity index (χ4v) is 4.90. The van der Waals surface area contributed by atoms with Crippen LogP contribution in [-0.4, -0.2) is 55.2 Å². The number of sulfonamides is 1. The first kappa shape index (κ1) is 23.6. The fourth-order valence-electron chi connectivity index (χ4n) is 3.55. The number of benzene rings is 2. The van der Waals surface area contributed by atoms with Gasteiger partial charge in [0, 0.05) is 36.8 Å². The van der Waals surface area contributed by atoms with E-state index in [0.717, 1.165) is 11.1 Å². The number of nitrogen functional groups attached to an aromatic ring is 1. The molecule has 0 radical (unpaired) electrons. The average Bonchev–Trinajstić information content (AvgIpc) is 3.53. The quantitative estimate of drug-likeness (QED) is 0.240. The third-order valence-corrected chi connectivity index (χ3v) is 6.73. The monoisotopic (exact) mass is 483 g/mol. The summed E-state index contributed by atoms with van der Waals surface area (Å²) < 4.78 is 28.7. The van der Waals surface area contributed by atoms with E-state index in [0.29, 0.717) is 28.4 Å². The first-order valence-electron chi connectivity index (χ1n) is 10.4. The molecule has 1 aromatic heterocycles. The van der Waals surface area contributed by atoms with Crippen LogP contribution in [0.2, 0.25) is 0 Å². The number of anilines is 1. The number of aromatic nitrogens is 3. The van der Waals surface area contributed by atoms with E-state index in [2.05, 4.69) is 35.1 Å². The Kier molecular flexibility index (Phi) is 6.76. The van der Waals surface area contributed by atoms with Gasteiger partial charge >= 0.3 is 0 Å². The van der Waals surface area contributed by atoms with E-state index in [1.165, 1.54) is 6.07 Å². The highest BCUT2D eigenvalue weighted by Crippen LogP contribution is 2.34. The van der Waals surface area contributed by atoms with Crippen LogP contribution in [0.1, 0.15) is 11.1 Å². The molecular formula is C20H25N11O2S. The lowest BCUT2D eigenvalue weighted by molar-refractivity contribution is 0.568. The van der Waals surface area contributed by atoms with Crippen LogP contribution in [0.4, 0.5) is 5.95 Å². The Hall–Kier alpha value is -3.56. The van der Waals surface area contributed by atoms with Crippen molar-refractivity contribution in [2.45, 2.75) is 17.5 Å². The third kappa shape index (κ3) is 4.71. The van der Waals surface area contributed by atoms with Crippen molar-refractivity contribution in [2.24, 2.45) is 32.4 Å². The van der Waals surface area contributed by atoms with Gasteiger partial charge in [-0.1, -0.05) is 24.3 Å². The summed E-state index contributed by atoms with van der Waals surface area (Å²) in [4.78, 5) is 8.51. The number of nitrogens with two attached hydrogens (primary N) is 4. The molecule has 4 rings (SSSR count). The Morgan fingerprint density at radius 1 is 1.15 bits per heavy atom. The van der Waals surface area contributed by atoms with Gasteiger partial charge in [0.1, 0.15) is 0 Å². The highest BCUT2D eigenvalue weighted by atomic mass is 32.2. The number of nitrogens with one attached hydrogen (secondary N) is 2. The van der Waals surface area contributed by atoms with E-state index in [9.17, 15) is 8.42 Å². The van der Waals surface area contributed by atoms with Crippen LogP contribution < -0.4 is 27.7 Å². The number of nitrogens with zero attached hydrogens (tertiary/aromatic N) is 5. The summed E-state index contributed by atoms with van der Waals surface area (Å²) in [6.45, 7) is 0.204. The van der Waals surface area contributed by atoms with Crippen molar-refractivity contribution >= 4 is 21.8 Å². The highest BCUT2D eigenvalue weighted by Gasteiger charge is 2.26. The number of aliphatic imine (C=N–C) groups is 1. The average molecular weight is 484 g/mol. The smallest absolute Gasteiger partial charge is 0.240 e. The predicted octanol–water partition coefficient (Wildman–Crippen LogP) is -0.0862. The molecule has 0 saturated heterocycles. The summed E-state index contributed by atoms with van der Waals surface area (Å²) in [6, 6.07) is 10.1. The Morgan fingerprint density at radius 3 is 2.59 bits per heavy atom. The second kappa shape index (κ2) is 9.74. The second-order valence-corrected chi connectivity index (χ2v) is 9.24. The summed E-state index contributed by atoms with van der Waals surface area (Å²) in [5.41, 5.74) is 26.0. The van der Waals surface area contributed by atoms with Crippen LogP contribution in [-0.2, 0) is 16.6 Å². The largest absolute Gasteiger partial charge is 0.366 e. The van der Waals surface area contributed by atoms with Gasteiger partial charge in [-0.3, -0.25) is 5.10 Å². The first-order chi connectivity index (χ1) is 16.3. The van der Waals surface area contributed by atoms with Crippen LogP contribution in [0.15, 0.2) is 56.5 Å². The van der Waals surface area contributed by atoms with Crippen molar-refractivity contribution in [1.29, 1.82) is 0 Å². The van der Waals surface area contributed by atoms with E-state index in [1.807, 2.05) is 24.3 Å². The molecule has 14 heteroatoms. The number of aromatic amines is 1. The van der Waals surface area contributed by atoms with Gasteiger partial charge in [0.15, 0.2) is 18.3 Å². The minimum absolute atomic E-state index is 0.0110. The summed E-state index contributed by atoms with van der Waals surface area (Å²) >= 11 is 0. The van der Waals surface area contributed by atoms with Crippen LogP contribution in [0.5, 0.6) is 0 Å². The van der Waals surface area contributed by atoms with E-state index < -0.39 is 16.1 Å². The van der Waals surface area contributed by atoms with Gasteiger partial charge < -0.3 is 22.9 Å². The molecule has 0 saturated carbocycles. The number of azo groups is 1. The number of amidine groups is 1. The molecule has 178 valence electrons. The molecule has 0 fully saturated rings. The molecule has 0 aliphatic carbocycles. The van der Waals surface area contributed by atoms with Crippen molar-refractivity contribution < 1.29 is 8.42 Å². The van der Waals surface area contributed by atoms with E-state index in [1.54, 1.807) is 6.07 Å². The van der Waals surface area contributed by atoms with Crippen LogP contribution in [0.25, 0.3) is 22.5 Å². The van der Waals surface area contributed by atoms with Gasteiger partial charge in [-0.15, -0.1) is 10.2 Å². The highest BCUT2D eigenvalue weighted by molar-refractivity contribution is 7.89. The van der Waals surface area contributed by atoms with E-state index >= 15 is 0 Å². The van der Waals surface area contributed by atoms with Crippen molar-refractivity contribution in [3.63, 3.8) is 0 Å². The molecule has 10 N–H and O–H groups in total. The van der Waals surface area contributed by atoms with Crippen LogP contribution in [0.3, 0.4) is 0 Å². The van der Waals surface area contributed by atoms with Crippen molar-refractivity contribution in [3.8, 4) is 22.5 Å². The van der Waals surface area contributed by atoms with Gasteiger partial charge in [-0.2, -0.15) is 10.1 Å². The Bertz CT molecular complexity index is 1360. The molecule has 1 atom stereocenters. The lowest BCUT2D eigenvalue weighted by atomic mass is 9.93. The Labute approximate surface area is 195 Å². The van der Waals surface area contributed by atoms with E-state index in [-0.39, 0.29) is 37.1 Å². The first-order valence-corrected chi connectivity index (χ1v) is 11.8. The molecule has 3 aromatic rings. The maximum atomic E-state index is 13.1. The normalized spacial score (nSPS) is 14.4. The second-order valence-electron chi connectivity index (χ2n) is 7.50. The van der Waals surface area contributed by atoms with Crippen molar-refractivity contribution in [1.82, 2.24) is 19.9 Å². The summed E-state index contributed by atoms with van der Waals surface area (Å²) in [7, 11) is -3.94. The maximum absolute atomic E-state index is 13.1. The van der Waals surface area contributed by atoms with Crippen molar-refractivity contribution in [2.75, 3.05) is 25.5 Å². The molecule has 2 heterocycles. The summed E-state index contributed by atoms with van der Waals surface area (Å²) in [6.07, 6.45) is 0. The SMILES string of the molecule is NCc1c(S(=O)(=O)NC[C@H](N)CN)ccc(-c2cccc(-c3nc(N)n[nH]3)c2)c1C1=NCN=N1. The number of rotatable bonds is 9. The van der Waals surface area contributed by atoms with Gasteiger partial charge in [0.25, 0.3) is 0 Å². The van der Waals surface area contributed by atoms with Gasteiger partial charge in [-0.25, -0.2) is 18.1 Å². The minimum atomic E-state index is -3.94. The zero-order chi connectivity index (χ0) is 24.3. The molecule has 34 heavy (non-hydrogen) atoms. The summed E-state index contributed by atoms with van der Waals surface area (Å²) in [5, 5.41) is 14.7. The molecule has 1 aliphatic rings. The lowest BCUT2D eigenvalue weighted by Crippen LogP contribution is -2.42. The number of H-pyrrole nitrogens is 1. The number of hydrogen-bond acceptors (Lipinski definition) is 11. The topological polar surface area (TPSA) is 229 Å². The maximum Gasteiger partial charge on any atom is 0.240 e. The van der Waals surface area contributed by atoms with Gasteiger partial charge in [-0.05, 0) is 28.8 Å². The predicted molar refractivity (Wildman–Crippen MR) is 128 cm³/mol. The van der Waals surface area contributed by atoms with Gasteiger partial charge in [0.05, 0.1) is 4.90 Å². The molecule has 0 amide bonds. The minimum Gasteiger partial charge on any atom is -0.366 e. The zero-order valence-electron chi connectivity index (χ0n) is 18.1. The summed E-state index contributed by atoms with van der Waals surface area (Å²) in [5.74, 6) is 0.932. The van der Waals surface area contributed by atoms with E-state index in [4.69, 9.17) is 22.9 Å². The van der Waals surface area contributed by atoms with Crippen molar-refractivity contribution in [3.05, 3.63) is 47.5 Å². The van der Waals surface area contributed by atoms with Crippen LogP contribution in [0, 0.1) is 0 Å². The standard InChI is InChI=1S/C20H25N11O2S/c21-7-13(23)9-27-34(32,33)16-5-4-14(17(15(16)8-22)19-25-10-26-29-19)11-2-1-3-12(6-11)18-28-20(24)31-30-18/h1-6,13,27H,7-10,21-23H2,(H3,24,28,30,31)/t13-/m1/s1. The third-order valence-electron chi connectivity index (χ3n) is 5.22. The Balaban J connectivity index is 1.86. The lowest BCUT2D eigenvalue weighted by Gasteiger charge is -2.18. The molecule has 1 aliphatic heterocycles. The molecule has 2 aromatic carbocycles. The molecule has 13 nitrogen and oxygen atoms in total. The fraction of sp³-hybridized carbons (Fsp3) is 0.250. The molecule has 0 spiro atoms.